The maximum absolute atomic E-state index is 12.9. The Kier molecular flexibility index (Phi) is 5.93. The number of carboxylic acid groups (broad SMARTS) is 1. The van der Waals surface area contributed by atoms with Crippen LogP contribution in [0.25, 0.3) is 0 Å². The number of nitrogens with one attached hydrogen (secondary N) is 1. The van der Waals surface area contributed by atoms with E-state index >= 15 is 0 Å². The Balaban J connectivity index is 1.95. The number of aliphatic carboxylic acids is 1. The summed E-state index contributed by atoms with van der Waals surface area (Å²) in [5, 5.41) is 11.1. The monoisotopic (exact) mass is 357 g/mol. The zero-order valence-electron chi connectivity index (χ0n) is 13.1. The molecule has 1 unspecified atom stereocenters. The van der Waals surface area contributed by atoms with Crippen LogP contribution in [0.1, 0.15) is 37.2 Å². The summed E-state index contributed by atoms with van der Waals surface area (Å²) in [6.07, 6.45) is 2.83. The molecule has 0 aromatic heterocycles. The van der Waals surface area contributed by atoms with Crippen molar-refractivity contribution in [1.82, 2.24) is 5.32 Å². The second-order valence-corrected chi connectivity index (χ2v) is 8.24. The normalized spacial score (nSPS) is 16.7. The van der Waals surface area contributed by atoms with Crippen LogP contribution >= 0.6 is 0 Å². The summed E-state index contributed by atoms with van der Waals surface area (Å²) in [6, 6.07) is 4.93. The van der Waals surface area contributed by atoms with Crippen LogP contribution in [-0.4, -0.2) is 42.9 Å². The molecule has 1 aromatic rings. The lowest BCUT2D eigenvalue weighted by atomic mass is 9.99. The molecule has 0 heterocycles. The third-order valence-electron chi connectivity index (χ3n) is 4.22. The quantitative estimate of drug-likeness (QED) is 0.770. The van der Waals surface area contributed by atoms with Gasteiger partial charge >= 0.3 is 5.97 Å². The molecule has 0 aliphatic heterocycles. The fourth-order valence-electron chi connectivity index (χ4n) is 2.86. The van der Waals surface area contributed by atoms with Gasteiger partial charge in [-0.2, -0.15) is 0 Å². The fourth-order valence-corrected chi connectivity index (χ4v) is 4.61. The van der Waals surface area contributed by atoms with Gasteiger partial charge in [0.1, 0.15) is 11.6 Å². The molecule has 1 fully saturated rings. The van der Waals surface area contributed by atoms with E-state index in [0.717, 1.165) is 25.0 Å². The van der Waals surface area contributed by atoms with Crippen molar-refractivity contribution in [3.63, 3.8) is 0 Å². The molecule has 0 spiro atoms. The van der Waals surface area contributed by atoms with Gasteiger partial charge in [-0.05, 0) is 30.5 Å². The van der Waals surface area contributed by atoms with Crippen LogP contribution in [0.4, 0.5) is 4.39 Å². The predicted molar refractivity (Wildman–Crippen MR) is 85.8 cm³/mol. The van der Waals surface area contributed by atoms with Crippen LogP contribution < -0.4 is 5.32 Å². The van der Waals surface area contributed by atoms with Gasteiger partial charge in [-0.15, -0.1) is 0 Å². The number of carbonyl (C=O) groups is 2. The number of carboxylic acids is 1. The molecule has 1 saturated carbocycles. The van der Waals surface area contributed by atoms with E-state index in [4.69, 9.17) is 0 Å². The third-order valence-corrected chi connectivity index (χ3v) is 6.37. The average Bonchev–Trinajstić information content (AvgIpc) is 3.03. The minimum atomic E-state index is -3.51. The van der Waals surface area contributed by atoms with E-state index in [-0.39, 0.29) is 6.54 Å². The minimum absolute atomic E-state index is 0.250. The first-order valence-corrected chi connectivity index (χ1v) is 9.47. The molecule has 2 N–H and O–H groups in total. The highest BCUT2D eigenvalue weighted by molar-refractivity contribution is 7.92. The maximum Gasteiger partial charge on any atom is 0.312 e. The number of halogens is 1. The van der Waals surface area contributed by atoms with Crippen molar-refractivity contribution in [1.29, 1.82) is 0 Å². The molecule has 1 aromatic carbocycles. The molecule has 24 heavy (non-hydrogen) atoms. The molecule has 1 aliphatic carbocycles. The van der Waals surface area contributed by atoms with Gasteiger partial charge in [0, 0.05) is 6.54 Å². The molecular weight excluding hydrogens is 337 g/mol. The molecule has 8 heteroatoms. The Morgan fingerprint density at radius 1 is 1.21 bits per heavy atom. The lowest BCUT2D eigenvalue weighted by Gasteiger charge is -2.15. The van der Waals surface area contributed by atoms with Crippen LogP contribution in [-0.2, 0) is 19.4 Å². The molecule has 1 atom stereocenters. The lowest BCUT2D eigenvalue weighted by molar-refractivity contribution is -0.138. The second kappa shape index (κ2) is 7.74. The third kappa shape index (κ3) is 4.77. The SMILES string of the molecule is O=C(CS(=O)(=O)C1CCCC1)NCC(C(=O)O)c1ccc(F)cc1. The molecule has 1 aliphatic rings. The summed E-state index contributed by atoms with van der Waals surface area (Å²) in [4.78, 5) is 23.2. The molecule has 2 rings (SSSR count). The topological polar surface area (TPSA) is 101 Å². The number of benzene rings is 1. The van der Waals surface area contributed by atoms with E-state index in [1.165, 1.54) is 12.1 Å². The van der Waals surface area contributed by atoms with Crippen molar-refractivity contribution >= 4 is 21.7 Å². The highest BCUT2D eigenvalue weighted by Crippen LogP contribution is 2.25. The summed E-state index contributed by atoms with van der Waals surface area (Å²) in [7, 11) is -3.51. The number of rotatable bonds is 7. The van der Waals surface area contributed by atoms with E-state index < -0.39 is 44.5 Å². The zero-order valence-corrected chi connectivity index (χ0v) is 13.9. The second-order valence-electron chi connectivity index (χ2n) is 5.96. The van der Waals surface area contributed by atoms with E-state index in [9.17, 15) is 27.5 Å². The average molecular weight is 357 g/mol. The van der Waals surface area contributed by atoms with Crippen LogP contribution in [0.2, 0.25) is 0 Å². The first kappa shape index (κ1) is 18.4. The molecule has 1 amide bonds. The van der Waals surface area contributed by atoms with Gasteiger partial charge in [-0.25, -0.2) is 12.8 Å². The predicted octanol–water partition coefficient (Wildman–Crippen LogP) is 1.47. The van der Waals surface area contributed by atoms with E-state index in [0.29, 0.717) is 18.4 Å². The summed E-state index contributed by atoms with van der Waals surface area (Å²) >= 11 is 0. The molecule has 132 valence electrons. The number of sulfone groups is 1. The van der Waals surface area contributed by atoms with Gasteiger partial charge in [0.2, 0.25) is 5.91 Å². The van der Waals surface area contributed by atoms with E-state index in [2.05, 4.69) is 5.32 Å². The van der Waals surface area contributed by atoms with Crippen molar-refractivity contribution in [2.24, 2.45) is 0 Å². The fraction of sp³-hybridized carbons (Fsp3) is 0.500. The standard InChI is InChI=1S/C16H20FNO5S/c17-12-7-5-11(6-8-12)14(16(20)21)9-18-15(19)10-24(22,23)13-3-1-2-4-13/h5-8,13-14H,1-4,9-10H2,(H,18,19)(H,20,21). The van der Waals surface area contributed by atoms with E-state index in [1.807, 2.05) is 0 Å². The van der Waals surface area contributed by atoms with Crippen LogP contribution in [0.15, 0.2) is 24.3 Å². The first-order valence-electron chi connectivity index (χ1n) is 7.76. The van der Waals surface area contributed by atoms with Gasteiger partial charge in [0.15, 0.2) is 9.84 Å². The Hall–Kier alpha value is -1.96. The Bertz CT molecular complexity index is 696. The Morgan fingerprint density at radius 3 is 2.33 bits per heavy atom. The van der Waals surface area contributed by atoms with Crippen molar-refractivity contribution in [3.8, 4) is 0 Å². The Morgan fingerprint density at radius 2 is 1.79 bits per heavy atom. The maximum atomic E-state index is 12.9. The van der Waals surface area contributed by atoms with Crippen LogP contribution in [0.5, 0.6) is 0 Å². The highest BCUT2D eigenvalue weighted by atomic mass is 32.2. The van der Waals surface area contributed by atoms with Crippen molar-refractivity contribution in [3.05, 3.63) is 35.6 Å². The zero-order chi connectivity index (χ0) is 17.7. The van der Waals surface area contributed by atoms with Crippen molar-refractivity contribution < 1.29 is 27.5 Å². The summed E-state index contributed by atoms with van der Waals surface area (Å²) in [5.41, 5.74) is 0.336. The van der Waals surface area contributed by atoms with Gasteiger partial charge in [-0.1, -0.05) is 25.0 Å². The molecule has 0 radical (unpaired) electrons. The van der Waals surface area contributed by atoms with E-state index in [1.54, 1.807) is 0 Å². The molecule has 0 bridgehead atoms. The largest absolute Gasteiger partial charge is 0.481 e. The molecular formula is C16H20FNO5S. The van der Waals surface area contributed by atoms with Crippen molar-refractivity contribution in [2.75, 3.05) is 12.3 Å². The van der Waals surface area contributed by atoms with Crippen molar-refractivity contribution in [2.45, 2.75) is 36.9 Å². The number of hydrogen-bond donors (Lipinski definition) is 2. The van der Waals surface area contributed by atoms with Gasteiger partial charge in [0.05, 0.1) is 11.2 Å². The molecule has 6 nitrogen and oxygen atoms in total. The highest BCUT2D eigenvalue weighted by Gasteiger charge is 2.31. The number of carbonyl (C=O) groups excluding carboxylic acids is 1. The van der Waals surface area contributed by atoms with Crippen LogP contribution in [0.3, 0.4) is 0 Å². The number of amides is 1. The van der Waals surface area contributed by atoms with Gasteiger partial charge < -0.3 is 10.4 Å². The number of hydrogen-bond acceptors (Lipinski definition) is 4. The minimum Gasteiger partial charge on any atom is -0.481 e. The lowest BCUT2D eigenvalue weighted by Crippen LogP contribution is -2.37. The smallest absolute Gasteiger partial charge is 0.312 e. The summed E-state index contributed by atoms with van der Waals surface area (Å²) < 4.78 is 37.1. The Labute approximate surface area is 140 Å². The summed E-state index contributed by atoms with van der Waals surface area (Å²) in [6.45, 7) is -0.250. The van der Waals surface area contributed by atoms with Gasteiger partial charge in [-0.3, -0.25) is 9.59 Å². The van der Waals surface area contributed by atoms with Crippen LogP contribution in [0, 0.1) is 5.82 Å². The first-order chi connectivity index (χ1) is 11.3. The van der Waals surface area contributed by atoms with Gasteiger partial charge in [0.25, 0.3) is 0 Å². The summed E-state index contributed by atoms with van der Waals surface area (Å²) in [5.74, 6) is -4.08. The molecule has 0 saturated heterocycles.